The van der Waals surface area contributed by atoms with Gasteiger partial charge in [0.25, 0.3) is 5.91 Å². The maximum atomic E-state index is 12.5. The van der Waals surface area contributed by atoms with Crippen LogP contribution in [-0.2, 0) is 0 Å². The molecule has 3 unspecified atom stereocenters. The van der Waals surface area contributed by atoms with E-state index in [-0.39, 0.29) is 18.6 Å². The van der Waals surface area contributed by atoms with Crippen molar-refractivity contribution in [3.05, 3.63) is 35.4 Å². The third-order valence-corrected chi connectivity index (χ3v) is 4.22. The molecule has 1 aromatic rings. The number of hydrogen-bond acceptors (Lipinski definition) is 2. The quantitative estimate of drug-likeness (QED) is 0.821. The van der Waals surface area contributed by atoms with E-state index in [9.17, 15) is 4.79 Å². The Morgan fingerprint density at radius 3 is 2.81 bits per heavy atom. The average Bonchev–Trinajstić information content (AvgIpc) is 2.48. The molecule has 1 fully saturated rings. The van der Waals surface area contributed by atoms with Crippen LogP contribution < -0.4 is 5.32 Å². The molecule has 0 heterocycles. The van der Waals surface area contributed by atoms with Crippen LogP contribution in [0.1, 0.15) is 49.0 Å². The Morgan fingerprint density at radius 1 is 1.33 bits per heavy atom. The van der Waals surface area contributed by atoms with Crippen LogP contribution in [0.4, 0.5) is 0 Å². The van der Waals surface area contributed by atoms with E-state index in [2.05, 4.69) is 31.0 Å². The third kappa shape index (κ3) is 4.09. The van der Waals surface area contributed by atoms with Gasteiger partial charge in [-0.25, -0.2) is 0 Å². The van der Waals surface area contributed by atoms with Gasteiger partial charge in [-0.2, -0.15) is 0 Å². The van der Waals surface area contributed by atoms with E-state index in [1.54, 1.807) is 6.07 Å². The molecule has 1 aromatic carbocycles. The lowest BCUT2D eigenvalue weighted by atomic mass is 9.80. The molecular weight excluding hydrogens is 262 g/mol. The van der Waals surface area contributed by atoms with Crippen molar-refractivity contribution in [2.75, 3.05) is 6.61 Å². The Labute approximate surface area is 126 Å². The summed E-state index contributed by atoms with van der Waals surface area (Å²) in [4.78, 5) is 12.5. The van der Waals surface area contributed by atoms with Crippen molar-refractivity contribution in [3.63, 3.8) is 0 Å². The fraction of sp³-hybridized carbons (Fsp3) is 0.500. The van der Waals surface area contributed by atoms with E-state index < -0.39 is 0 Å². The molecule has 3 atom stereocenters. The van der Waals surface area contributed by atoms with Crippen LogP contribution in [0.2, 0.25) is 0 Å². The lowest BCUT2D eigenvalue weighted by molar-refractivity contribution is 0.0899. The van der Waals surface area contributed by atoms with Crippen LogP contribution in [0.3, 0.4) is 0 Å². The van der Waals surface area contributed by atoms with Crippen LogP contribution in [0.15, 0.2) is 24.3 Å². The first-order valence-electron chi connectivity index (χ1n) is 7.61. The Balaban J connectivity index is 2.10. The van der Waals surface area contributed by atoms with Gasteiger partial charge in [-0.05, 0) is 43.2 Å². The highest BCUT2D eigenvalue weighted by Gasteiger charge is 2.27. The molecule has 0 radical (unpaired) electrons. The number of benzene rings is 1. The molecule has 0 bridgehead atoms. The largest absolute Gasteiger partial charge is 0.384 e. The zero-order valence-electron chi connectivity index (χ0n) is 12.7. The number of rotatable bonds is 2. The van der Waals surface area contributed by atoms with E-state index in [1.165, 1.54) is 6.42 Å². The SMILES string of the molecule is CC1CCC(NC(=O)c2ccccc2C#CCO)C(C)C1. The van der Waals surface area contributed by atoms with Gasteiger partial charge in [0.15, 0.2) is 0 Å². The zero-order valence-corrected chi connectivity index (χ0v) is 12.7. The molecule has 21 heavy (non-hydrogen) atoms. The van der Waals surface area contributed by atoms with Gasteiger partial charge in [-0.15, -0.1) is 0 Å². The minimum atomic E-state index is -0.201. The predicted molar refractivity (Wildman–Crippen MR) is 83.8 cm³/mol. The number of carbonyl (C=O) groups is 1. The Kier molecular flexibility index (Phi) is 5.41. The molecule has 3 heteroatoms. The third-order valence-electron chi connectivity index (χ3n) is 4.22. The second kappa shape index (κ2) is 7.28. The second-order valence-electron chi connectivity index (χ2n) is 5.98. The number of amides is 1. The first kappa shape index (κ1) is 15.6. The summed E-state index contributed by atoms with van der Waals surface area (Å²) in [5.41, 5.74) is 1.25. The zero-order chi connectivity index (χ0) is 15.2. The van der Waals surface area contributed by atoms with Crippen LogP contribution >= 0.6 is 0 Å². The first-order chi connectivity index (χ1) is 10.1. The van der Waals surface area contributed by atoms with Gasteiger partial charge in [-0.1, -0.05) is 37.8 Å². The van der Waals surface area contributed by atoms with Gasteiger partial charge in [0.1, 0.15) is 6.61 Å². The summed E-state index contributed by atoms with van der Waals surface area (Å²) in [7, 11) is 0. The fourth-order valence-corrected chi connectivity index (χ4v) is 3.05. The molecule has 3 nitrogen and oxygen atoms in total. The molecular formula is C18H23NO2. The summed E-state index contributed by atoms with van der Waals surface area (Å²) >= 11 is 0. The monoisotopic (exact) mass is 285 g/mol. The summed E-state index contributed by atoms with van der Waals surface area (Å²) in [5.74, 6) is 6.63. The Hall–Kier alpha value is -1.79. The van der Waals surface area contributed by atoms with E-state index in [1.807, 2.05) is 18.2 Å². The summed E-state index contributed by atoms with van der Waals surface area (Å²) in [6, 6.07) is 7.53. The maximum Gasteiger partial charge on any atom is 0.252 e. The lowest BCUT2D eigenvalue weighted by Gasteiger charge is -2.33. The number of hydrogen-bond donors (Lipinski definition) is 2. The van der Waals surface area contributed by atoms with Crippen molar-refractivity contribution in [2.45, 2.75) is 39.2 Å². The molecule has 1 aliphatic rings. The normalized spacial score (nSPS) is 24.8. The molecule has 1 saturated carbocycles. The van der Waals surface area contributed by atoms with Crippen LogP contribution in [-0.4, -0.2) is 23.7 Å². The van der Waals surface area contributed by atoms with Crippen LogP contribution in [0.25, 0.3) is 0 Å². The lowest BCUT2D eigenvalue weighted by Crippen LogP contribution is -2.42. The van der Waals surface area contributed by atoms with Gasteiger partial charge in [0.2, 0.25) is 0 Å². The van der Waals surface area contributed by atoms with Crippen LogP contribution in [0.5, 0.6) is 0 Å². The van der Waals surface area contributed by atoms with Gasteiger partial charge in [0, 0.05) is 11.6 Å². The van der Waals surface area contributed by atoms with E-state index >= 15 is 0 Å². The number of aliphatic hydroxyl groups is 1. The molecule has 0 saturated heterocycles. The standard InChI is InChI=1S/C18H23NO2/c1-13-9-10-17(14(2)12-13)19-18(21)16-8-4-3-6-15(16)7-5-11-20/h3-4,6,8,13-14,17,20H,9-12H2,1-2H3,(H,19,21). The summed E-state index contributed by atoms with van der Waals surface area (Å²) < 4.78 is 0. The van der Waals surface area contributed by atoms with Crippen molar-refractivity contribution in [1.29, 1.82) is 0 Å². The van der Waals surface area contributed by atoms with Gasteiger partial charge >= 0.3 is 0 Å². The van der Waals surface area contributed by atoms with Crippen LogP contribution in [0, 0.1) is 23.7 Å². The Bertz CT molecular complexity index is 556. The van der Waals surface area contributed by atoms with Gasteiger partial charge in [-0.3, -0.25) is 4.79 Å². The molecule has 1 amide bonds. The summed E-state index contributed by atoms with van der Waals surface area (Å²) in [5, 5.41) is 12.0. The minimum absolute atomic E-state index is 0.0655. The molecule has 1 aliphatic carbocycles. The first-order valence-corrected chi connectivity index (χ1v) is 7.61. The molecule has 0 aliphatic heterocycles. The van der Waals surface area contributed by atoms with Crippen molar-refractivity contribution in [1.82, 2.24) is 5.32 Å². The number of nitrogens with one attached hydrogen (secondary N) is 1. The average molecular weight is 285 g/mol. The van der Waals surface area contributed by atoms with Gasteiger partial charge in [0.05, 0.1) is 5.56 Å². The van der Waals surface area contributed by atoms with Gasteiger partial charge < -0.3 is 10.4 Å². The second-order valence-corrected chi connectivity index (χ2v) is 5.98. The molecule has 2 rings (SSSR count). The highest BCUT2D eigenvalue weighted by molar-refractivity contribution is 5.96. The number of carbonyl (C=O) groups excluding carboxylic acids is 1. The molecule has 0 aromatic heterocycles. The molecule has 0 spiro atoms. The summed E-state index contributed by atoms with van der Waals surface area (Å²) in [6.45, 7) is 4.28. The smallest absolute Gasteiger partial charge is 0.252 e. The van der Waals surface area contributed by atoms with Crippen molar-refractivity contribution >= 4 is 5.91 Å². The van der Waals surface area contributed by atoms with E-state index in [4.69, 9.17) is 5.11 Å². The molecule has 112 valence electrons. The molecule has 2 N–H and O–H groups in total. The highest BCUT2D eigenvalue weighted by Crippen LogP contribution is 2.28. The van der Waals surface area contributed by atoms with E-state index in [0.29, 0.717) is 17.0 Å². The van der Waals surface area contributed by atoms with Crippen molar-refractivity contribution in [2.24, 2.45) is 11.8 Å². The van der Waals surface area contributed by atoms with E-state index in [0.717, 1.165) is 18.8 Å². The van der Waals surface area contributed by atoms with Crippen molar-refractivity contribution in [3.8, 4) is 11.8 Å². The summed E-state index contributed by atoms with van der Waals surface area (Å²) in [6.07, 6.45) is 3.37. The number of aliphatic hydroxyl groups excluding tert-OH is 1. The maximum absolute atomic E-state index is 12.5. The highest BCUT2D eigenvalue weighted by atomic mass is 16.2. The van der Waals surface area contributed by atoms with Crippen molar-refractivity contribution < 1.29 is 9.90 Å². The minimum Gasteiger partial charge on any atom is -0.384 e. The predicted octanol–water partition coefficient (Wildman–Crippen LogP) is 2.58. The fourth-order valence-electron chi connectivity index (χ4n) is 3.05. The Morgan fingerprint density at radius 2 is 2.10 bits per heavy atom. The topological polar surface area (TPSA) is 49.3 Å².